The van der Waals surface area contributed by atoms with Crippen molar-refractivity contribution in [2.24, 2.45) is 0 Å². The minimum atomic E-state index is -1.16. The Labute approximate surface area is 143 Å². The lowest BCUT2D eigenvalue weighted by atomic mass is 9.92. The summed E-state index contributed by atoms with van der Waals surface area (Å²) in [4.78, 5) is 1.54. The number of fused-ring (bicyclic) bond motifs is 3. The third kappa shape index (κ3) is 2.66. The second-order valence-corrected chi connectivity index (χ2v) is 6.24. The van der Waals surface area contributed by atoms with Crippen molar-refractivity contribution in [2.75, 3.05) is 19.6 Å². The maximum atomic E-state index is 11.3. The number of rotatable bonds is 1. The topological polar surface area (TPSA) is 24.7 Å². The van der Waals surface area contributed by atoms with Gasteiger partial charge >= 0.3 is 0 Å². The number of hydrogen-bond donors (Lipinski definition) is 2. The molecule has 118 valence electrons. The maximum Gasteiger partial charge on any atom is 0.178 e. The van der Waals surface area contributed by atoms with Crippen molar-refractivity contribution in [1.29, 1.82) is 0 Å². The van der Waals surface area contributed by atoms with Crippen molar-refractivity contribution in [3.05, 3.63) is 59.7 Å². The summed E-state index contributed by atoms with van der Waals surface area (Å²) < 4.78 is 0. The molecule has 2 aromatic carbocycles. The summed E-state index contributed by atoms with van der Waals surface area (Å²) in [7, 11) is 0. The molecule has 0 atom stereocenters. The lowest BCUT2D eigenvalue weighted by Crippen LogP contribution is -3.09. The lowest BCUT2D eigenvalue weighted by molar-refractivity contribution is -0.879. The second kappa shape index (κ2) is 6.37. The number of halogens is 1. The van der Waals surface area contributed by atoms with Gasteiger partial charge in [-0.05, 0) is 17.0 Å². The standard InChI is InChI=1S/C20H19NO.ClH/c22-20(12-7-15-21-13-5-6-14-21)18-10-3-1-8-16(18)17-9-2-4-11-19(17)20;/h1-4,8-11,22H,5-6,13-15H2;1H. The predicted molar refractivity (Wildman–Crippen MR) is 87.5 cm³/mol. The number of aliphatic hydroxyl groups is 1. The summed E-state index contributed by atoms with van der Waals surface area (Å²) >= 11 is 0. The molecular formula is C20H20ClNO. The Morgan fingerprint density at radius 2 is 1.43 bits per heavy atom. The molecule has 23 heavy (non-hydrogen) atoms. The van der Waals surface area contributed by atoms with E-state index in [1.165, 1.54) is 30.8 Å². The van der Waals surface area contributed by atoms with E-state index in [2.05, 4.69) is 24.0 Å². The quantitative estimate of drug-likeness (QED) is 0.619. The fraction of sp³-hybridized carbons (Fsp3) is 0.300. The first kappa shape index (κ1) is 16.1. The molecule has 1 aliphatic carbocycles. The maximum absolute atomic E-state index is 11.3. The zero-order chi connectivity index (χ0) is 15.0. The Morgan fingerprint density at radius 1 is 0.913 bits per heavy atom. The van der Waals surface area contributed by atoms with Gasteiger partial charge in [0.25, 0.3) is 0 Å². The number of quaternary nitrogens is 1. The number of nitrogens with one attached hydrogen (secondary N) is 1. The van der Waals surface area contributed by atoms with Gasteiger partial charge in [-0.3, -0.25) is 0 Å². The zero-order valence-corrected chi connectivity index (χ0v) is 13.7. The van der Waals surface area contributed by atoms with Gasteiger partial charge in [0.05, 0.1) is 13.1 Å². The molecule has 2 nitrogen and oxygen atoms in total. The van der Waals surface area contributed by atoms with Crippen molar-refractivity contribution in [2.45, 2.75) is 18.4 Å². The largest absolute Gasteiger partial charge is 1.00 e. The molecule has 1 aliphatic heterocycles. The van der Waals surface area contributed by atoms with Crippen LogP contribution in [0.4, 0.5) is 0 Å². The Balaban J connectivity index is 0.00000156. The van der Waals surface area contributed by atoms with E-state index >= 15 is 0 Å². The Kier molecular flexibility index (Phi) is 4.46. The third-order valence-corrected chi connectivity index (χ3v) is 4.84. The van der Waals surface area contributed by atoms with E-state index in [1.807, 2.05) is 36.4 Å². The average Bonchev–Trinajstić information content (AvgIpc) is 3.15. The molecule has 2 N–H and O–H groups in total. The molecule has 0 bridgehead atoms. The summed E-state index contributed by atoms with van der Waals surface area (Å²) in [5.41, 5.74) is 2.87. The summed E-state index contributed by atoms with van der Waals surface area (Å²) in [6.45, 7) is 3.24. The predicted octanol–water partition coefficient (Wildman–Crippen LogP) is -1.41. The summed E-state index contributed by atoms with van der Waals surface area (Å²) in [6.07, 6.45) is 2.60. The van der Waals surface area contributed by atoms with Gasteiger partial charge in [-0.1, -0.05) is 54.5 Å². The summed E-state index contributed by atoms with van der Waals surface area (Å²) in [5.74, 6) is 6.44. The molecule has 2 aliphatic rings. The van der Waals surface area contributed by atoms with Crippen molar-refractivity contribution in [1.82, 2.24) is 0 Å². The van der Waals surface area contributed by atoms with Gasteiger partial charge in [0.2, 0.25) is 0 Å². The van der Waals surface area contributed by atoms with Crippen LogP contribution in [0.15, 0.2) is 48.5 Å². The third-order valence-electron chi connectivity index (χ3n) is 4.84. The Hall–Kier alpha value is -1.79. The van der Waals surface area contributed by atoms with Crippen molar-refractivity contribution in [3.8, 4) is 23.0 Å². The Bertz CT molecular complexity index is 723. The van der Waals surface area contributed by atoms with E-state index in [1.54, 1.807) is 0 Å². The molecule has 0 spiro atoms. The van der Waals surface area contributed by atoms with E-state index in [0.29, 0.717) is 0 Å². The molecule has 0 radical (unpaired) electrons. The van der Waals surface area contributed by atoms with Crippen LogP contribution in [0.3, 0.4) is 0 Å². The van der Waals surface area contributed by atoms with E-state index in [-0.39, 0.29) is 12.4 Å². The number of hydrogen-bond acceptors (Lipinski definition) is 1. The highest BCUT2D eigenvalue weighted by Crippen LogP contribution is 2.46. The van der Waals surface area contributed by atoms with Gasteiger partial charge in [0, 0.05) is 24.0 Å². The minimum absolute atomic E-state index is 0. The van der Waals surface area contributed by atoms with Crippen LogP contribution >= 0.6 is 0 Å². The van der Waals surface area contributed by atoms with E-state index in [9.17, 15) is 5.11 Å². The molecule has 1 heterocycles. The van der Waals surface area contributed by atoms with Gasteiger partial charge in [0.15, 0.2) is 5.60 Å². The first-order valence-corrected chi connectivity index (χ1v) is 8.04. The van der Waals surface area contributed by atoms with E-state index in [0.717, 1.165) is 28.8 Å². The molecule has 3 heteroatoms. The molecule has 2 aromatic rings. The molecule has 1 fully saturated rings. The highest BCUT2D eigenvalue weighted by molar-refractivity contribution is 5.81. The molecule has 0 aromatic heterocycles. The molecule has 0 saturated carbocycles. The number of likely N-dealkylation sites (tertiary alicyclic amines) is 1. The monoisotopic (exact) mass is 325 g/mol. The molecule has 0 amide bonds. The first-order chi connectivity index (χ1) is 10.8. The average molecular weight is 326 g/mol. The first-order valence-electron chi connectivity index (χ1n) is 8.04. The fourth-order valence-corrected chi connectivity index (χ4v) is 3.70. The van der Waals surface area contributed by atoms with Gasteiger partial charge in [-0.25, -0.2) is 0 Å². The van der Waals surface area contributed by atoms with Gasteiger partial charge < -0.3 is 22.4 Å². The van der Waals surface area contributed by atoms with Crippen LogP contribution < -0.4 is 17.3 Å². The SMILES string of the molecule is OC1(C#CC[NH+]2CCCC2)c2ccccc2-c2ccccc21.[Cl-]. The van der Waals surface area contributed by atoms with Gasteiger partial charge in [-0.15, -0.1) is 0 Å². The zero-order valence-electron chi connectivity index (χ0n) is 13.0. The van der Waals surface area contributed by atoms with Crippen LogP contribution in [0.25, 0.3) is 11.1 Å². The number of benzene rings is 2. The van der Waals surface area contributed by atoms with Crippen LogP contribution in [-0.2, 0) is 5.60 Å². The van der Waals surface area contributed by atoms with E-state index < -0.39 is 5.60 Å². The van der Waals surface area contributed by atoms with Crippen molar-refractivity contribution >= 4 is 0 Å². The summed E-state index contributed by atoms with van der Waals surface area (Å²) in [6, 6.07) is 16.1. The molecule has 4 rings (SSSR count). The smallest absolute Gasteiger partial charge is 0.178 e. The highest BCUT2D eigenvalue weighted by atomic mass is 35.5. The fourth-order valence-electron chi connectivity index (χ4n) is 3.70. The van der Waals surface area contributed by atoms with Crippen molar-refractivity contribution < 1.29 is 22.4 Å². The van der Waals surface area contributed by atoms with Crippen LogP contribution in [0.1, 0.15) is 24.0 Å². The molecular weight excluding hydrogens is 306 g/mol. The molecule has 1 saturated heterocycles. The molecule has 0 unspecified atom stereocenters. The van der Waals surface area contributed by atoms with Gasteiger partial charge in [0.1, 0.15) is 6.54 Å². The van der Waals surface area contributed by atoms with Crippen LogP contribution in [-0.4, -0.2) is 24.7 Å². The Morgan fingerprint density at radius 3 is 2.00 bits per heavy atom. The van der Waals surface area contributed by atoms with Crippen molar-refractivity contribution in [3.63, 3.8) is 0 Å². The minimum Gasteiger partial charge on any atom is -1.00 e. The summed E-state index contributed by atoms with van der Waals surface area (Å²) in [5, 5.41) is 11.3. The second-order valence-electron chi connectivity index (χ2n) is 6.24. The van der Waals surface area contributed by atoms with E-state index in [4.69, 9.17) is 0 Å². The lowest BCUT2D eigenvalue weighted by Gasteiger charge is -2.19. The van der Waals surface area contributed by atoms with Crippen LogP contribution in [0, 0.1) is 11.8 Å². The normalized spacial score (nSPS) is 17.6. The van der Waals surface area contributed by atoms with Crippen LogP contribution in [0.2, 0.25) is 0 Å². The van der Waals surface area contributed by atoms with Crippen LogP contribution in [0.5, 0.6) is 0 Å². The highest BCUT2D eigenvalue weighted by Gasteiger charge is 2.39. The van der Waals surface area contributed by atoms with Gasteiger partial charge in [-0.2, -0.15) is 0 Å².